The summed E-state index contributed by atoms with van der Waals surface area (Å²) in [6, 6.07) is 0. The van der Waals surface area contributed by atoms with E-state index in [1.165, 1.54) is 0 Å². The average Bonchev–Trinajstić information content (AvgIpc) is 2.53. The van der Waals surface area contributed by atoms with Crippen LogP contribution in [0.15, 0.2) is 0 Å². The number of carbonyl (C=O) groups excluding carboxylic acids is 3. The summed E-state index contributed by atoms with van der Waals surface area (Å²) in [6.45, 7) is 9.85. The van der Waals surface area contributed by atoms with Crippen LogP contribution in [0.2, 0.25) is 0 Å². The van der Waals surface area contributed by atoms with Crippen LogP contribution in [0.25, 0.3) is 0 Å². The summed E-state index contributed by atoms with van der Waals surface area (Å²) in [5, 5.41) is 14.4. The van der Waals surface area contributed by atoms with Crippen molar-refractivity contribution in [3.05, 3.63) is 0 Å². The zero-order valence-corrected chi connectivity index (χ0v) is 17.6. The first kappa shape index (κ1) is 23.9. The van der Waals surface area contributed by atoms with Crippen LogP contribution in [-0.4, -0.2) is 65.5 Å². The molecule has 1 aliphatic rings. The predicted octanol–water partition coefficient (Wildman–Crippen LogP) is 0.817. The molecule has 1 heterocycles. The molecule has 1 aliphatic heterocycles. The van der Waals surface area contributed by atoms with E-state index in [1.807, 2.05) is 13.8 Å². The maximum atomic E-state index is 12.4. The molecule has 1 saturated heterocycles. The van der Waals surface area contributed by atoms with Crippen LogP contribution in [0.1, 0.15) is 47.5 Å². The third kappa shape index (κ3) is 9.05. The van der Waals surface area contributed by atoms with Crippen molar-refractivity contribution in [2.75, 3.05) is 25.4 Å². The first-order chi connectivity index (χ1) is 12.4. The summed E-state index contributed by atoms with van der Waals surface area (Å²) in [7, 11) is 0. The van der Waals surface area contributed by atoms with Crippen LogP contribution in [0, 0.1) is 5.41 Å². The molecule has 3 N–H and O–H groups in total. The summed E-state index contributed by atoms with van der Waals surface area (Å²) in [6.07, 6.45) is -1.06. The van der Waals surface area contributed by atoms with Crippen LogP contribution in [-0.2, 0) is 23.9 Å². The molecule has 2 atom stereocenters. The van der Waals surface area contributed by atoms with Crippen LogP contribution in [0.4, 0.5) is 0 Å². The normalized spacial score (nSPS) is 21.9. The van der Waals surface area contributed by atoms with E-state index < -0.39 is 23.4 Å². The fourth-order valence-corrected chi connectivity index (χ4v) is 3.25. The molecule has 8 nitrogen and oxygen atoms in total. The summed E-state index contributed by atoms with van der Waals surface area (Å²) in [4.78, 5) is 35.6. The molecule has 0 aliphatic carbocycles. The predicted molar refractivity (Wildman–Crippen MR) is 103 cm³/mol. The minimum atomic E-state index is -0.822. The SMILES string of the molecule is C[C@@H](O)CC(=O)SCCNC(=O)CCNC(=O)C1OC(C)(C)OCC1(C)C. The van der Waals surface area contributed by atoms with Gasteiger partial charge in [0.2, 0.25) is 11.8 Å². The molecule has 27 heavy (non-hydrogen) atoms. The standard InChI is InChI=1S/C18H32N2O6S/c1-12(21)10-14(23)27-9-8-19-13(22)6-7-20-16(24)15-17(2,3)11-25-18(4,5)26-15/h12,15,21H,6-11H2,1-5H3,(H,19,22)(H,20,24)/t12-,15?/m1/s1. The monoisotopic (exact) mass is 404 g/mol. The Morgan fingerprint density at radius 3 is 2.48 bits per heavy atom. The van der Waals surface area contributed by atoms with Crippen molar-refractivity contribution in [2.45, 2.75) is 65.5 Å². The molecule has 2 amide bonds. The van der Waals surface area contributed by atoms with Crippen LogP contribution in [0.3, 0.4) is 0 Å². The third-order valence-corrected chi connectivity index (χ3v) is 4.84. The highest BCUT2D eigenvalue weighted by Gasteiger charge is 2.45. The number of ether oxygens (including phenoxy) is 2. The van der Waals surface area contributed by atoms with Crippen LogP contribution in [0.5, 0.6) is 0 Å². The van der Waals surface area contributed by atoms with Gasteiger partial charge in [0.1, 0.15) is 6.10 Å². The second kappa shape index (κ2) is 10.4. The second-order valence-electron chi connectivity index (χ2n) is 7.84. The number of hydrogen-bond acceptors (Lipinski definition) is 7. The number of aliphatic hydroxyl groups excluding tert-OH is 1. The Hall–Kier alpha value is -1.16. The first-order valence-corrected chi connectivity index (χ1v) is 10.1. The maximum absolute atomic E-state index is 12.4. The summed E-state index contributed by atoms with van der Waals surface area (Å²) < 4.78 is 11.3. The van der Waals surface area contributed by atoms with Gasteiger partial charge in [0.05, 0.1) is 12.7 Å². The van der Waals surface area contributed by atoms with Gasteiger partial charge in [0.25, 0.3) is 0 Å². The second-order valence-corrected chi connectivity index (χ2v) is 8.99. The Balaban J connectivity index is 2.25. The van der Waals surface area contributed by atoms with Gasteiger partial charge in [-0.25, -0.2) is 0 Å². The van der Waals surface area contributed by atoms with Crippen molar-refractivity contribution in [3.63, 3.8) is 0 Å². The molecule has 0 aromatic rings. The number of amides is 2. The van der Waals surface area contributed by atoms with E-state index >= 15 is 0 Å². The molecule has 0 spiro atoms. The lowest BCUT2D eigenvalue weighted by Crippen LogP contribution is -2.56. The molecular formula is C18H32N2O6S. The minimum Gasteiger partial charge on any atom is -0.393 e. The maximum Gasteiger partial charge on any atom is 0.249 e. The third-order valence-electron chi connectivity index (χ3n) is 3.94. The molecule has 156 valence electrons. The number of carbonyl (C=O) groups is 3. The Morgan fingerprint density at radius 2 is 1.85 bits per heavy atom. The molecular weight excluding hydrogens is 372 g/mol. The van der Waals surface area contributed by atoms with Crippen molar-refractivity contribution < 1.29 is 29.0 Å². The topological polar surface area (TPSA) is 114 Å². The van der Waals surface area contributed by atoms with Gasteiger partial charge in [-0.1, -0.05) is 25.6 Å². The van der Waals surface area contributed by atoms with Gasteiger partial charge in [-0.15, -0.1) is 0 Å². The van der Waals surface area contributed by atoms with Crippen molar-refractivity contribution >= 4 is 28.7 Å². The quantitative estimate of drug-likeness (QED) is 0.488. The van der Waals surface area contributed by atoms with Gasteiger partial charge in [0, 0.05) is 37.1 Å². The van der Waals surface area contributed by atoms with Gasteiger partial charge >= 0.3 is 0 Å². The Kier molecular flexibility index (Phi) is 9.20. The molecule has 1 rings (SSSR count). The lowest BCUT2D eigenvalue weighted by atomic mass is 9.85. The van der Waals surface area contributed by atoms with Gasteiger partial charge in [-0.05, 0) is 20.8 Å². The Bertz CT molecular complexity index is 536. The minimum absolute atomic E-state index is 0.103. The summed E-state index contributed by atoms with van der Waals surface area (Å²) in [5.41, 5.74) is -0.461. The van der Waals surface area contributed by atoms with Crippen molar-refractivity contribution in [1.29, 1.82) is 0 Å². The highest BCUT2D eigenvalue weighted by Crippen LogP contribution is 2.34. The first-order valence-electron chi connectivity index (χ1n) is 9.13. The zero-order chi connectivity index (χ0) is 20.7. The molecule has 9 heteroatoms. The lowest BCUT2D eigenvalue weighted by Gasteiger charge is -2.44. The molecule has 0 bridgehead atoms. The molecule has 1 unspecified atom stereocenters. The lowest BCUT2D eigenvalue weighted by molar-refractivity contribution is -0.304. The molecule has 0 aromatic carbocycles. The van der Waals surface area contributed by atoms with E-state index in [2.05, 4.69) is 10.6 Å². The number of rotatable bonds is 9. The van der Waals surface area contributed by atoms with E-state index in [1.54, 1.807) is 20.8 Å². The van der Waals surface area contributed by atoms with Crippen LogP contribution < -0.4 is 10.6 Å². The van der Waals surface area contributed by atoms with Gasteiger partial charge < -0.3 is 25.2 Å². The average molecular weight is 405 g/mol. The number of hydrogen-bond donors (Lipinski definition) is 3. The van der Waals surface area contributed by atoms with Gasteiger partial charge in [-0.2, -0.15) is 0 Å². The molecule has 0 aromatic heterocycles. The van der Waals surface area contributed by atoms with E-state index in [0.717, 1.165) is 11.8 Å². The zero-order valence-electron chi connectivity index (χ0n) is 16.8. The van der Waals surface area contributed by atoms with Crippen molar-refractivity contribution in [3.8, 4) is 0 Å². The number of thioether (sulfide) groups is 1. The number of nitrogens with one attached hydrogen (secondary N) is 2. The van der Waals surface area contributed by atoms with Crippen molar-refractivity contribution in [1.82, 2.24) is 10.6 Å². The highest BCUT2D eigenvalue weighted by molar-refractivity contribution is 8.13. The smallest absolute Gasteiger partial charge is 0.249 e. The Morgan fingerprint density at radius 1 is 1.19 bits per heavy atom. The fourth-order valence-electron chi connectivity index (χ4n) is 2.46. The molecule has 0 saturated carbocycles. The summed E-state index contributed by atoms with van der Waals surface area (Å²) >= 11 is 1.08. The summed E-state index contributed by atoms with van der Waals surface area (Å²) in [5.74, 6) is -0.837. The number of aliphatic hydroxyl groups is 1. The van der Waals surface area contributed by atoms with E-state index in [0.29, 0.717) is 18.9 Å². The van der Waals surface area contributed by atoms with Gasteiger partial charge in [0.15, 0.2) is 10.9 Å². The molecule has 0 radical (unpaired) electrons. The fraction of sp³-hybridized carbons (Fsp3) is 0.833. The van der Waals surface area contributed by atoms with Crippen molar-refractivity contribution in [2.24, 2.45) is 5.41 Å². The Labute approximate surface area is 165 Å². The van der Waals surface area contributed by atoms with E-state index in [4.69, 9.17) is 14.6 Å². The van der Waals surface area contributed by atoms with E-state index in [-0.39, 0.29) is 36.3 Å². The van der Waals surface area contributed by atoms with Crippen LogP contribution >= 0.6 is 11.8 Å². The van der Waals surface area contributed by atoms with E-state index in [9.17, 15) is 14.4 Å². The largest absolute Gasteiger partial charge is 0.393 e. The van der Waals surface area contributed by atoms with Gasteiger partial charge in [-0.3, -0.25) is 14.4 Å². The molecule has 1 fully saturated rings. The highest BCUT2D eigenvalue weighted by atomic mass is 32.2.